The van der Waals surface area contributed by atoms with Crippen LogP contribution in [0.15, 0.2) is 18.2 Å². The number of amides is 2. The largest absolute Gasteiger partial charge is 0.454 e. The smallest absolute Gasteiger partial charge is 0.239 e. The Labute approximate surface area is 141 Å². The summed E-state index contributed by atoms with van der Waals surface area (Å²) in [4.78, 5) is 23.4. The summed E-state index contributed by atoms with van der Waals surface area (Å²) in [6, 6.07) is 4.87. The molecule has 0 spiro atoms. The molecule has 0 saturated heterocycles. The number of carbonyl (C=O) groups is 2. The molecule has 23 heavy (non-hydrogen) atoms. The molecule has 2 rings (SSSR count). The Morgan fingerprint density at radius 2 is 2.00 bits per heavy atom. The van der Waals surface area contributed by atoms with Gasteiger partial charge in [0.1, 0.15) is 0 Å². The topological polar surface area (TPSA) is 103 Å². The van der Waals surface area contributed by atoms with Crippen LogP contribution in [0.5, 0.6) is 11.5 Å². The van der Waals surface area contributed by atoms with Crippen molar-refractivity contribution in [3.63, 3.8) is 0 Å². The maximum absolute atomic E-state index is 11.8. The molecule has 0 saturated carbocycles. The van der Waals surface area contributed by atoms with Crippen LogP contribution in [0.1, 0.15) is 19.4 Å². The van der Waals surface area contributed by atoms with E-state index in [1.165, 1.54) is 0 Å². The van der Waals surface area contributed by atoms with Crippen molar-refractivity contribution in [3.8, 4) is 11.5 Å². The fraction of sp³-hybridized carbons (Fsp3) is 0.467. The first kappa shape index (κ1) is 19.1. The number of para-hydroxylation sites is 1. The summed E-state index contributed by atoms with van der Waals surface area (Å²) in [6.07, 6.45) is 0. The quantitative estimate of drug-likeness (QED) is 0.700. The first-order valence-corrected chi connectivity index (χ1v) is 7.16. The summed E-state index contributed by atoms with van der Waals surface area (Å²) < 4.78 is 10.6. The molecule has 4 N–H and O–H groups in total. The summed E-state index contributed by atoms with van der Waals surface area (Å²) >= 11 is 0. The van der Waals surface area contributed by atoms with Crippen LogP contribution in [0.3, 0.4) is 0 Å². The van der Waals surface area contributed by atoms with E-state index >= 15 is 0 Å². The lowest BCUT2D eigenvalue weighted by Gasteiger charge is -2.15. The van der Waals surface area contributed by atoms with Gasteiger partial charge < -0.3 is 25.8 Å². The Kier molecular flexibility index (Phi) is 7.12. The third-order valence-corrected chi connectivity index (χ3v) is 3.40. The number of nitrogens with one attached hydrogen (secondary N) is 2. The predicted octanol–water partition coefficient (Wildman–Crippen LogP) is 0.553. The Morgan fingerprint density at radius 3 is 2.70 bits per heavy atom. The van der Waals surface area contributed by atoms with Crippen LogP contribution < -0.4 is 25.8 Å². The molecule has 1 aliphatic heterocycles. The Balaban J connectivity index is 0.00000264. The number of ether oxygens (including phenoxy) is 2. The second-order valence-corrected chi connectivity index (χ2v) is 5.42. The number of nitrogens with two attached hydrogens (primary N) is 1. The molecule has 1 aromatic carbocycles. The number of benzene rings is 1. The molecule has 1 aromatic rings. The van der Waals surface area contributed by atoms with Gasteiger partial charge in [-0.05, 0) is 12.0 Å². The number of hydrogen-bond acceptors (Lipinski definition) is 5. The SMILES string of the molecule is CC(C)[C@H](N)C(=O)NCC(=O)NCc1cccc2c1OCO2.Cl. The monoisotopic (exact) mass is 343 g/mol. The maximum atomic E-state index is 11.8. The average molecular weight is 344 g/mol. The molecule has 0 unspecified atom stereocenters. The van der Waals surface area contributed by atoms with Gasteiger partial charge in [-0.1, -0.05) is 26.0 Å². The van der Waals surface area contributed by atoms with Crippen LogP contribution in [-0.2, 0) is 16.1 Å². The number of halogens is 1. The van der Waals surface area contributed by atoms with E-state index in [9.17, 15) is 9.59 Å². The van der Waals surface area contributed by atoms with E-state index in [4.69, 9.17) is 15.2 Å². The number of rotatable bonds is 6. The molecule has 2 amide bonds. The molecular formula is C15H22ClN3O4. The molecule has 0 aliphatic carbocycles. The summed E-state index contributed by atoms with van der Waals surface area (Å²) in [5, 5.41) is 5.24. The number of carbonyl (C=O) groups excluding carboxylic acids is 2. The highest BCUT2D eigenvalue weighted by molar-refractivity contribution is 5.87. The minimum atomic E-state index is -0.615. The number of fused-ring (bicyclic) bond motifs is 1. The summed E-state index contributed by atoms with van der Waals surface area (Å²) in [5.41, 5.74) is 6.53. The van der Waals surface area contributed by atoms with Crippen molar-refractivity contribution in [2.75, 3.05) is 13.3 Å². The fourth-order valence-corrected chi connectivity index (χ4v) is 1.97. The third kappa shape index (κ3) is 5.01. The molecule has 7 nitrogen and oxygen atoms in total. The summed E-state index contributed by atoms with van der Waals surface area (Å²) in [7, 11) is 0. The van der Waals surface area contributed by atoms with Crippen molar-refractivity contribution in [2.24, 2.45) is 11.7 Å². The van der Waals surface area contributed by atoms with E-state index in [0.29, 0.717) is 18.0 Å². The second kappa shape index (κ2) is 8.59. The lowest BCUT2D eigenvalue weighted by molar-refractivity contribution is -0.127. The lowest BCUT2D eigenvalue weighted by atomic mass is 10.1. The first-order chi connectivity index (χ1) is 10.5. The van der Waals surface area contributed by atoms with E-state index < -0.39 is 6.04 Å². The van der Waals surface area contributed by atoms with Crippen molar-refractivity contribution in [1.82, 2.24) is 10.6 Å². The maximum Gasteiger partial charge on any atom is 0.239 e. The average Bonchev–Trinajstić information content (AvgIpc) is 2.98. The molecule has 1 aliphatic rings. The zero-order valence-electron chi connectivity index (χ0n) is 13.1. The van der Waals surface area contributed by atoms with E-state index in [1.807, 2.05) is 26.0 Å². The normalized spacial score (nSPS) is 13.2. The van der Waals surface area contributed by atoms with Gasteiger partial charge in [-0.25, -0.2) is 0 Å². The van der Waals surface area contributed by atoms with E-state index in [0.717, 1.165) is 5.56 Å². The highest BCUT2D eigenvalue weighted by Crippen LogP contribution is 2.35. The first-order valence-electron chi connectivity index (χ1n) is 7.16. The number of hydrogen-bond donors (Lipinski definition) is 3. The van der Waals surface area contributed by atoms with Gasteiger partial charge in [-0.15, -0.1) is 12.4 Å². The zero-order valence-corrected chi connectivity index (χ0v) is 13.9. The van der Waals surface area contributed by atoms with Gasteiger partial charge in [0.2, 0.25) is 18.6 Å². The second-order valence-electron chi connectivity index (χ2n) is 5.42. The van der Waals surface area contributed by atoms with E-state index in [-0.39, 0.29) is 43.5 Å². The molecular weight excluding hydrogens is 322 g/mol. The minimum absolute atomic E-state index is 0. The summed E-state index contributed by atoms with van der Waals surface area (Å²) in [6.45, 7) is 4.08. The van der Waals surface area contributed by atoms with Crippen molar-refractivity contribution in [1.29, 1.82) is 0 Å². The Morgan fingerprint density at radius 1 is 1.26 bits per heavy atom. The van der Waals surface area contributed by atoms with Crippen molar-refractivity contribution < 1.29 is 19.1 Å². The van der Waals surface area contributed by atoms with E-state index in [2.05, 4.69) is 10.6 Å². The molecule has 128 valence electrons. The van der Waals surface area contributed by atoms with Crippen molar-refractivity contribution in [3.05, 3.63) is 23.8 Å². The van der Waals surface area contributed by atoms with Gasteiger partial charge >= 0.3 is 0 Å². The third-order valence-electron chi connectivity index (χ3n) is 3.40. The molecule has 0 fully saturated rings. The highest BCUT2D eigenvalue weighted by atomic mass is 35.5. The Bertz CT molecular complexity index is 566. The molecule has 0 aromatic heterocycles. The fourth-order valence-electron chi connectivity index (χ4n) is 1.97. The molecule has 8 heteroatoms. The van der Waals surface area contributed by atoms with Gasteiger partial charge in [0.25, 0.3) is 0 Å². The van der Waals surface area contributed by atoms with Crippen molar-refractivity contribution in [2.45, 2.75) is 26.4 Å². The van der Waals surface area contributed by atoms with E-state index in [1.54, 1.807) is 6.07 Å². The van der Waals surface area contributed by atoms with Crippen LogP contribution in [0.4, 0.5) is 0 Å². The van der Waals surface area contributed by atoms with Gasteiger partial charge in [-0.2, -0.15) is 0 Å². The van der Waals surface area contributed by atoms with Crippen molar-refractivity contribution >= 4 is 24.2 Å². The minimum Gasteiger partial charge on any atom is -0.454 e. The molecule has 0 radical (unpaired) electrons. The highest BCUT2D eigenvalue weighted by Gasteiger charge is 2.19. The predicted molar refractivity (Wildman–Crippen MR) is 87.5 cm³/mol. The van der Waals surface area contributed by atoms with Crippen LogP contribution in [0, 0.1) is 5.92 Å². The zero-order chi connectivity index (χ0) is 16.1. The standard InChI is InChI=1S/C15H21N3O4.ClH/c1-9(2)13(16)15(20)18-7-12(19)17-6-10-4-3-5-11-14(10)22-8-21-11;/h3-5,9,13H,6-8,16H2,1-2H3,(H,17,19)(H,18,20);1H/t13-;/m0./s1. The molecule has 1 atom stereocenters. The molecule has 1 heterocycles. The lowest BCUT2D eigenvalue weighted by Crippen LogP contribution is -2.47. The molecule has 0 bridgehead atoms. The summed E-state index contributed by atoms with van der Waals surface area (Å²) in [5.74, 6) is 0.715. The van der Waals surface area contributed by atoms with Crippen LogP contribution >= 0.6 is 12.4 Å². The Hall–Kier alpha value is -1.99. The van der Waals surface area contributed by atoms with Crippen LogP contribution in [-0.4, -0.2) is 31.2 Å². The van der Waals surface area contributed by atoms with Crippen LogP contribution in [0.25, 0.3) is 0 Å². The van der Waals surface area contributed by atoms with Gasteiger partial charge in [0.15, 0.2) is 11.5 Å². The van der Waals surface area contributed by atoms with Gasteiger partial charge in [0.05, 0.1) is 12.6 Å². The van der Waals surface area contributed by atoms with Gasteiger partial charge in [0, 0.05) is 12.1 Å². The van der Waals surface area contributed by atoms with Crippen LogP contribution in [0.2, 0.25) is 0 Å². The van der Waals surface area contributed by atoms with Gasteiger partial charge in [-0.3, -0.25) is 9.59 Å².